The zero-order chi connectivity index (χ0) is 14.7. The van der Waals surface area contributed by atoms with Crippen LogP contribution in [0.5, 0.6) is 0 Å². The van der Waals surface area contributed by atoms with Gasteiger partial charge in [-0.15, -0.1) is 0 Å². The van der Waals surface area contributed by atoms with Gasteiger partial charge < -0.3 is 0 Å². The molecule has 0 N–H and O–H groups in total. The van der Waals surface area contributed by atoms with E-state index in [0.717, 1.165) is 56.1 Å². The number of carbonyl (C=O) groups excluding carboxylic acids is 1. The van der Waals surface area contributed by atoms with Crippen LogP contribution in [0.25, 0.3) is 0 Å². The van der Waals surface area contributed by atoms with Gasteiger partial charge in [-0.25, -0.2) is 0 Å². The van der Waals surface area contributed by atoms with Crippen molar-refractivity contribution >= 4 is 29.0 Å². The van der Waals surface area contributed by atoms with E-state index >= 15 is 0 Å². The third kappa shape index (κ3) is 3.14. The molecule has 3 heteroatoms. The fraction of sp³-hybridized carbons (Fsp3) is 0.706. The summed E-state index contributed by atoms with van der Waals surface area (Å²) < 4.78 is 0.385. The highest BCUT2D eigenvalue weighted by Gasteiger charge is 2.39. The standard InChI is InChI=1S/C17H24Cl2O/c1-3-5-7-11-8-9-13-12(6-4-2)15(17(18)19)10-14(13)16(11)20/h11-12H,3-10H2,1-2H3. The Labute approximate surface area is 132 Å². The summed E-state index contributed by atoms with van der Waals surface area (Å²) in [6.45, 7) is 4.35. The zero-order valence-corrected chi connectivity index (χ0v) is 14.0. The predicted octanol–water partition coefficient (Wildman–Crippen LogP) is 5.96. The monoisotopic (exact) mass is 314 g/mol. The van der Waals surface area contributed by atoms with E-state index in [0.29, 0.717) is 22.6 Å². The first-order valence-electron chi connectivity index (χ1n) is 7.90. The maximum atomic E-state index is 12.7. The van der Waals surface area contributed by atoms with Crippen LogP contribution in [0.15, 0.2) is 21.2 Å². The highest BCUT2D eigenvalue weighted by Crippen LogP contribution is 2.48. The lowest BCUT2D eigenvalue weighted by Crippen LogP contribution is -2.22. The SMILES string of the molecule is CCCCC1CCC2=C(CC(=C(Cl)Cl)C2CCC)C1=O. The molecule has 0 aromatic carbocycles. The molecular weight excluding hydrogens is 291 g/mol. The van der Waals surface area contributed by atoms with Crippen LogP contribution >= 0.6 is 23.2 Å². The Bertz CT molecular complexity index is 444. The topological polar surface area (TPSA) is 17.1 Å². The van der Waals surface area contributed by atoms with Gasteiger partial charge in [0.2, 0.25) is 0 Å². The first-order chi connectivity index (χ1) is 9.60. The molecule has 20 heavy (non-hydrogen) atoms. The molecule has 2 rings (SSSR count). The summed E-state index contributed by atoms with van der Waals surface area (Å²) in [6, 6.07) is 0. The second kappa shape index (κ2) is 7.13. The van der Waals surface area contributed by atoms with Crippen molar-refractivity contribution in [2.24, 2.45) is 11.8 Å². The Balaban J connectivity index is 2.22. The Hall–Kier alpha value is -0.270. The number of Topliss-reactive ketones (excluding diaryl/α,β-unsaturated/α-hetero) is 1. The fourth-order valence-corrected chi connectivity index (χ4v) is 4.08. The number of hydrogen-bond acceptors (Lipinski definition) is 1. The maximum Gasteiger partial charge on any atom is 0.162 e. The van der Waals surface area contributed by atoms with Crippen molar-refractivity contribution in [1.29, 1.82) is 0 Å². The summed E-state index contributed by atoms with van der Waals surface area (Å²) in [4.78, 5) is 12.7. The van der Waals surface area contributed by atoms with Crippen molar-refractivity contribution in [3.63, 3.8) is 0 Å². The van der Waals surface area contributed by atoms with Crippen LogP contribution in [-0.4, -0.2) is 5.78 Å². The molecule has 0 radical (unpaired) electrons. The third-order valence-corrected chi connectivity index (χ3v) is 5.24. The molecule has 112 valence electrons. The maximum absolute atomic E-state index is 12.7. The molecular formula is C17H24Cl2O. The first-order valence-corrected chi connectivity index (χ1v) is 8.65. The molecule has 1 nitrogen and oxygen atoms in total. The van der Waals surface area contributed by atoms with Crippen LogP contribution < -0.4 is 0 Å². The van der Waals surface area contributed by atoms with E-state index in [1.807, 2.05) is 0 Å². The van der Waals surface area contributed by atoms with Crippen LogP contribution in [0.1, 0.15) is 65.2 Å². The van der Waals surface area contributed by atoms with E-state index < -0.39 is 0 Å². The summed E-state index contributed by atoms with van der Waals surface area (Å²) in [5.74, 6) is 0.950. The van der Waals surface area contributed by atoms with Crippen LogP contribution in [0.3, 0.4) is 0 Å². The lowest BCUT2D eigenvalue weighted by Gasteiger charge is -2.25. The quantitative estimate of drug-likeness (QED) is 0.611. The third-order valence-electron chi connectivity index (χ3n) is 4.75. The van der Waals surface area contributed by atoms with Crippen LogP contribution in [0.4, 0.5) is 0 Å². The van der Waals surface area contributed by atoms with Crippen LogP contribution in [0.2, 0.25) is 0 Å². The van der Waals surface area contributed by atoms with E-state index in [2.05, 4.69) is 13.8 Å². The lowest BCUT2D eigenvalue weighted by atomic mass is 9.79. The van der Waals surface area contributed by atoms with E-state index in [9.17, 15) is 4.79 Å². The molecule has 0 aromatic rings. The van der Waals surface area contributed by atoms with Gasteiger partial charge >= 0.3 is 0 Å². The molecule has 0 aliphatic heterocycles. The second-order valence-corrected chi connectivity index (χ2v) is 7.00. The summed E-state index contributed by atoms with van der Waals surface area (Å²) in [7, 11) is 0. The van der Waals surface area contributed by atoms with Crippen LogP contribution in [0, 0.1) is 11.8 Å². The Kier molecular flexibility index (Phi) is 5.74. The van der Waals surface area contributed by atoms with Crippen molar-refractivity contribution in [3.8, 4) is 0 Å². The normalized spacial score (nSPS) is 26.2. The number of halogens is 2. The van der Waals surface area contributed by atoms with Crippen molar-refractivity contribution in [3.05, 3.63) is 21.2 Å². The molecule has 2 unspecified atom stereocenters. The van der Waals surface area contributed by atoms with Crippen molar-refractivity contribution in [2.75, 3.05) is 0 Å². The highest BCUT2D eigenvalue weighted by molar-refractivity contribution is 6.56. The van der Waals surface area contributed by atoms with Gasteiger partial charge in [0.15, 0.2) is 5.78 Å². The van der Waals surface area contributed by atoms with Crippen molar-refractivity contribution < 1.29 is 4.79 Å². The number of hydrogen-bond donors (Lipinski definition) is 0. The predicted molar refractivity (Wildman–Crippen MR) is 86.0 cm³/mol. The molecule has 2 atom stereocenters. The van der Waals surface area contributed by atoms with Gasteiger partial charge in [0.25, 0.3) is 0 Å². The van der Waals surface area contributed by atoms with Gasteiger partial charge in [-0.3, -0.25) is 4.79 Å². The summed E-state index contributed by atoms with van der Waals surface area (Å²) in [5, 5.41) is 0. The van der Waals surface area contributed by atoms with E-state index in [1.165, 1.54) is 5.57 Å². The molecule has 0 bridgehead atoms. The average Bonchev–Trinajstić information content (AvgIpc) is 2.79. The number of ketones is 1. The molecule has 2 aliphatic carbocycles. The van der Waals surface area contributed by atoms with Gasteiger partial charge in [-0.05, 0) is 36.8 Å². The zero-order valence-electron chi connectivity index (χ0n) is 12.5. The van der Waals surface area contributed by atoms with Gasteiger partial charge in [0, 0.05) is 18.3 Å². The summed E-state index contributed by atoms with van der Waals surface area (Å²) in [5.41, 5.74) is 3.48. The largest absolute Gasteiger partial charge is 0.294 e. The summed E-state index contributed by atoms with van der Waals surface area (Å²) in [6.07, 6.45) is 8.28. The number of unbranched alkanes of at least 4 members (excludes halogenated alkanes) is 1. The lowest BCUT2D eigenvalue weighted by molar-refractivity contribution is -0.120. The second-order valence-electron chi connectivity index (χ2n) is 6.05. The van der Waals surface area contributed by atoms with Crippen molar-refractivity contribution in [1.82, 2.24) is 0 Å². The first kappa shape index (κ1) is 16.1. The van der Waals surface area contributed by atoms with Gasteiger partial charge in [-0.2, -0.15) is 0 Å². The highest BCUT2D eigenvalue weighted by atomic mass is 35.5. The average molecular weight is 315 g/mol. The molecule has 2 aliphatic rings. The molecule has 0 saturated carbocycles. The van der Waals surface area contributed by atoms with Gasteiger partial charge in [0.1, 0.15) is 4.49 Å². The smallest absolute Gasteiger partial charge is 0.162 e. The Morgan fingerprint density at radius 2 is 1.95 bits per heavy atom. The van der Waals surface area contributed by atoms with Crippen molar-refractivity contribution in [2.45, 2.75) is 65.2 Å². The summed E-state index contributed by atoms with van der Waals surface area (Å²) >= 11 is 12.1. The van der Waals surface area contributed by atoms with Crippen LogP contribution in [-0.2, 0) is 4.79 Å². The molecule has 0 spiro atoms. The number of rotatable bonds is 5. The minimum Gasteiger partial charge on any atom is -0.294 e. The van der Waals surface area contributed by atoms with Gasteiger partial charge in [-0.1, -0.05) is 61.9 Å². The minimum atomic E-state index is 0.240. The fourth-order valence-electron chi connectivity index (χ4n) is 3.69. The van der Waals surface area contributed by atoms with E-state index in [1.54, 1.807) is 0 Å². The number of allylic oxidation sites excluding steroid dienone is 3. The molecule has 0 saturated heterocycles. The molecule has 0 amide bonds. The molecule has 0 heterocycles. The Morgan fingerprint density at radius 1 is 1.20 bits per heavy atom. The minimum absolute atomic E-state index is 0.240. The van der Waals surface area contributed by atoms with E-state index in [4.69, 9.17) is 23.2 Å². The molecule has 0 aromatic heterocycles. The Morgan fingerprint density at radius 3 is 2.55 bits per heavy atom. The van der Waals surface area contributed by atoms with Gasteiger partial charge in [0.05, 0.1) is 0 Å². The molecule has 0 fully saturated rings. The number of carbonyl (C=O) groups is 1. The van der Waals surface area contributed by atoms with E-state index in [-0.39, 0.29) is 5.92 Å².